The third kappa shape index (κ3) is 6.45. The molecule has 0 unspecified atom stereocenters. The molecule has 1 atom stereocenters. The van der Waals surface area contributed by atoms with Crippen LogP contribution in [0.4, 0.5) is 5.69 Å². The first-order valence-corrected chi connectivity index (χ1v) is 13.0. The summed E-state index contributed by atoms with van der Waals surface area (Å²) in [5, 5.41) is 3.13. The average molecular weight is 465 g/mol. The summed E-state index contributed by atoms with van der Waals surface area (Å²) in [5.41, 5.74) is 5.79. The number of aryl methyl sites for hydroxylation is 2. The van der Waals surface area contributed by atoms with Crippen LogP contribution < -0.4 is 9.62 Å². The average Bonchev–Trinajstić information content (AvgIpc) is 2.78. The summed E-state index contributed by atoms with van der Waals surface area (Å²) in [6.07, 6.45) is 1.85. The number of rotatable bonds is 9. The Morgan fingerprint density at radius 1 is 0.879 bits per heavy atom. The number of sulfonamides is 1. The lowest BCUT2D eigenvalue weighted by atomic mass is 9.97. The number of amides is 1. The number of carbonyl (C=O) groups is 1. The Balaban J connectivity index is 1.71. The maximum atomic E-state index is 12.9. The zero-order chi connectivity index (χ0) is 24.0. The normalized spacial score (nSPS) is 12.2. The van der Waals surface area contributed by atoms with Crippen molar-refractivity contribution in [3.63, 3.8) is 0 Å². The predicted molar refractivity (Wildman–Crippen MR) is 135 cm³/mol. The highest BCUT2D eigenvalue weighted by atomic mass is 32.2. The zero-order valence-electron chi connectivity index (χ0n) is 19.7. The minimum absolute atomic E-state index is 0.112. The third-order valence-corrected chi connectivity index (χ3v) is 7.04. The molecule has 174 valence electrons. The van der Waals surface area contributed by atoms with Crippen molar-refractivity contribution in [3.8, 4) is 0 Å². The van der Waals surface area contributed by atoms with E-state index in [1.165, 1.54) is 10.6 Å². The van der Waals surface area contributed by atoms with E-state index in [0.29, 0.717) is 12.1 Å². The molecule has 0 aliphatic carbocycles. The first kappa shape index (κ1) is 24.5. The largest absolute Gasteiger partial charge is 0.345 e. The second kappa shape index (κ2) is 10.7. The van der Waals surface area contributed by atoms with E-state index in [2.05, 4.69) is 5.32 Å². The van der Waals surface area contributed by atoms with Gasteiger partial charge in [-0.15, -0.1) is 0 Å². The van der Waals surface area contributed by atoms with Crippen LogP contribution >= 0.6 is 0 Å². The second-order valence-corrected chi connectivity index (χ2v) is 10.4. The maximum Gasteiger partial charge on any atom is 0.232 e. The van der Waals surface area contributed by atoms with Gasteiger partial charge in [-0.25, -0.2) is 8.42 Å². The van der Waals surface area contributed by atoms with E-state index in [-0.39, 0.29) is 24.9 Å². The highest BCUT2D eigenvalue weighted by molar-refractivity contribution is 7.92. The Morgan fingerprint density at radius 3 is 2.15 bits per heavy atom. The third-order valence-electron chi connectivity index (χ3n) is 5.86. The van der Waals surface area contributed by atoms with Crippen LogP contribution in [0.2, 0.25) is 0 Å². The molecule has 0 bridgehead atoms. The maximum absolute atomic E-state index is 12.9. The standard InChI is InChI=1S/C27H32N2O3S/c1-20-15-17-24(18-16-20)27(23-11-6-5-7-12-23)28-26(30)14-9-19-29(33(4,31)32)25-13-8-10-21(2)22(25)3/h5-8,10-13,15-18,27H,9,14,19H2,1-4H3,(H,28,30)/t27-/m0/s1. The fourth-order valence-corrected chi connectivity index (χ4v) is 4.87. The van der Waals surface area contributed by atoms with E-state index in [4.69, 9.17) is 0 Å². The number of nitrogens with zero attached hydrogens (tertiary/aromatic N) is 1. The highest BCUT2D eigenvalue weighted by Crippen LogP contribution is 2.26. The van der Waals surface area contributed by atoms with Crippen molar-refractivity contribution in [2.24, 2.45) is 0 Å². The summed E-state index contributed by atoms with van der Waals surface area (Å²) < 4.78 is 26.3. The van der Waals surface area contributed by atoms with Gasteiger partial charge in [-0.05, 0) is 55.5 Å². The summed E-state index contributed by atoms with van der Waals surface area (Å²) in [4.78, 5) is 12.9. The van der Waals surface area contributed by atoms with E-state index in [1.54, 1.807) is 0 Å². The molecular weight excluding hydrogens is 432 g/mol. The van der Waals surface area contributed by atoms with Crippen molar-refractivity contribution in [2.45, 2.75) is 39.7 Å². The van der Waals surface area contributed by atoms with Gasteiger partial charge in [0.15, 0.2) is 0 Å². The Bertz CT molecular complexity index is 1190. The molecule has 0 aliphatic heterocycles. The minimum atomic E-state index is -3.47. The lowest BCUT2D eigenvalue weighted by Gasteiger charge is -2.25. The molecule has 3 aromatic rings. The molecule has 33 heavy (non-hydrogen) atoms. The van der Waals surface area contributed by atoms with E-state index in [1.807, 2.05) is 93.6 Å². The van der Waals surface area contributed by atoms with Crippen LogP contribution in [0.15, 0.2) is 72.8 Å². The van der Waals surface area contributed by atoms with Gasteiger partial charge in [0.1, 0.15) is 0 Å². The van der Waals surface area contributed by atoms with E-state index < -0.39 is 10.0 Å². The van der Waals surface area contributed by atoms with Crippen LogP contribution in [0.25, 0.3) is 0 Å². The smallest absolute Gasteiger partial charge is 0.232 e. The van der Waals surface area contributed by atoms with Gasteiger partial charge in [0.25, 0.3) is 0 Å². The first-order valence-electron chi connectivity index (χ1n) is 11.1. The lowest BCUT2D eigenvalue weighted by molar-refractivity contribution is -0.121. The first-order chi connectivity index (χ1) is 15.7. The van der Waals surface area contributed by atoms with Crippen molar-refractivity contribution in [1.29, 1.82) is 0 Å². The van der Waals surface area contributed by atoms with Gasteiger partial charge in [-0.2, -0.15) is 0 Å². The van der Waals surface area contributed by atoms with Crippen LogP contribution in [0.1, 0.15) is 46.7 Å². The Hall–Kier alpha value is -3.12. The van der Waals surface area contributed by atoms with Crippen molar-refractivity contribution in [3.05, 3.63) is 101 Å². The summed E-state index contributed by atoms with van der Waals surface area (Å²) in [6.45, 7) is 6.16. The molecule has 0 aromatic heterocycles. The summed E-state index contributed by atoms with van der Waals surface area (Å²) in [7, 11) is -3.47. The van der Waals surface area contributed by atoms with Crippen LogP contribution in [-0.4, -0.2) is 27.1 Å². The molecule has 0 aliphatic rings. The molecule has 0 saturated heterocycles. The molecule has 3 aromatic carbocycles. The Labute approximate surface area is 197 Å². The molecule has 0 heterocycles. The van der Waals surface area contributed by atoms with Gasteiger partial charge in [-0.3, -0.25) is 9.10 Å². The molecule has 5 nitrogen and oxygen atoms in total. The van der Waals surface area contributed by atoms with Gasteiger partial charge in [0, 0.05) is 13.0 Å². The minimum Gasteiger partial charge on any atom is -0.345 e. The van der Waals surface area contributed by atoms with Gasteiger partial charge in [0.05, 0.1) is 18.0 Å². The van der Waals surface area contributed by atoms with Crippen LogP contribution in [0, 0.1) is 20.8 Å². The summed E-state index contributed by atoms with van der Waals surface area (Å²) >= 11 is 0. The molecule has 6 heteroatoms. The van der Waals surface area contributed by atoms with Crippen molar-refractivity contribution in [2.75, 3.05) is 17.1 Å². The van der Waals surface area contributed by atoms with Crippen molar-refractivity contribution in [1.82, 2.24) is 5.32 Å². The molecule has 1 amide bonds. The number of anilines is 1. The van der Waals surface area contributed by atoms with Crippen LogP contribution in [0.3, 0.4) is 0 Å². The Morgan fingerprint density at radius 2 is 1.52 bits per heavy atom. The number of hydrogen-bond donors (Lipinski definition) is 1. The van der Waals surface area contributed by atoms with Crippen LogP contribution in [0.5, 0.6) is 0 Å². The van der Waals surface area contributed by atoms with E-state index in [0.717, 1.165) is 27.8 Å². The Kier molecular flexibility index (Phi) is 7.92. The lowest BCUT2D eigenvalue weighted by Crippen LogP contribution is -2.33. The number of carbonyl (C=O) groups excluding carboxylic acids is 1. The highest BCUT2D eigenvalue weighted by Gasteiger charge is 2.21. The number of benzene rings is 3. The molecule has 1 N–H and O–H groups in total. The fraction of sp³-hybridized carbons (Fsp3) is 0.296. The van der Waals surface area contributed by atoms with Gasteiger partial charge in [-0.1, -0.05) is 72.3 Å². The number of nitrogens with one attached hydrogen (secondary N) is 1. The molecular formula is C27H32N2O3S. The van der Waals surface area contributed by atoms with Gasteiger partial charge >= 0.3 is 0 Å². The van der Waals surface area contributed by atoms with E-state index >= 15 is 0 Å². The van der Waals surface area contributed by atoms with Gasteiger partial charge in [0.2, 0.25) is 15.9 Å². The molecule has 0 fully saturated rings. The summed E-state index contributed by atoms with van der Waals surface area (Å²) in [6, 6.07) is 23.3. The molecule has 0 saturated carbocycles. The topological polar surface area (TPSA) is 66.5 Å². The van der Waals surface area contributed by atoms with Crippen molar-refractivity contribution >= 4 is 21.6 Å². The zero-order valence-corrected chi connectivity index (χ0v) is 20.5. The van der Waals surface area contributed by atoms with E-state index in [9.17, 15) is 13.2 Å². The van der Waals surface area contributed by atoms with Crippen LogP contribution in [-0.2, 0) is 14.8 Å². The van der Waals surface area contributed by atoms with Gasteiger partial charge < -0.3 is 5.32 Å². The SMILES string of the molecule is Cc1ccc([C@@H](NC(=O)CCCN(c2cccc(C)c2C)S(C)(=O)=O)c2ccccc2)cc1. The monoisotopic (exact) mass is 464 g/mol. The quantitative estimate of drug-likeness (QED) is 0.481. The second-order valence-electron chi connectivity index (χ2n) is 8.48. The predicted octanol–water partition coefficient (Wildman–Crippen LogP) is 5.06. The summed E-state index contributed by atoms with van der Waals surface area (Å²) in [5.74, 6) is -0.112. The number of hydrogen-bond acceptors (Lipinski definition) is 3. The molecule has 3 rings (SSSR count). The fourth-order valence-electron chi connectivity index (χ4n) is 3.85. The van der Waals surface area contributed by atoms with Crippen molar-refractivity contribution < 1.29 is 13.2 Å². The molecule has 0 radical (unpaired) electrons. The molecule has 0 spiro atoms.